The Balaban J connectivity index is 1.88. The number of anilines is 2. The van der Waals surface area contributed by atoms with E-state index in [0.29, 0.717) is 11.8 Å². The SMILES string of the molecule is C[C@@H](c1ccccc1)N(C)c1ncc([N+](=O)[O-])c(NC2CC2)n1. The maximum atomic E-state index is 11.1. The summed E-state index contributed by atoms with van der Waals surface area (Å²) in [6.45, 7) is 2.05. The van der Waals surface area contributed by atoms with Gasteiger partial charge >= 0.3 is 5.69 Å². The van der Waals surface area contributed by atoms with Crippen molar-refractivity contribution >= 4 is 17.5 Å². The Hall–Kier alpha value is -2.70. The summed E-state index contributed by atoms with van der Waals surface area (Å²) in [5.41, 5.74) is 1.05. The topological polar surface area (TPSA) is 84.2 Å². The van der Waals surface area contributed by atoms with Crippen molar-refractivity contribution in [1.29, 1.82) is 0 Å². The van der Waals surface area contributed by atoms with Gasteiger partial charge in [0, 0.05) is 13.1 Å². The number of rotatable bonds is 6. The predicted octanol–water partition coefficient (Wildman–Crippen LogP) is 3.16. The van der Waals surface area contributed by atoms with Crippen molar-refractivity contribution < 1.29 is 4.92 Å². The van der Waals surface area contributed by atoms with Crippen LogP contribution in [0.4, 0.5) is 17.5 Å². The van der Waals surface area contributed by atoms with Crippen LogP contribution < -0.4 is 10.2 Å². The van der Waals surface area contributed by atoms with E-state index in [9.17, 15) is 10.1 Å². The van der Waals surface area contributed by atoms with Gasteiger partial charge < -0.3 is 10.2 Å². The van der Waals surface area contributed by atoms with Crippen molar-refractivity contribution in [3.63, 3.8) is 0 Å². The summed E-state index contributed by atoms with van der Waals surface area (Å²) in [7, 11) is 1.89. The molecule has 3 rings (SSSR count). The highest BCUT2D eigenvalue weighted by atomic mass is 16.6. The van der Waals surface area contributed by atoms with Crippen LogP contribution in [0.2, 0.25) is 0 Å². The number of nitrogens with zero attached hydrogens (tertiary/aromatic N) is 4. The molecule has 2 aromatic rings. The Bertz CT molecular complexity index is 703. The number of nitro groups is 1. The van der Waals surface area contributed by atoms with Crippen LogP contribution in [0.5, 0.6) is 0 Å². The van der Waals surface area contributed by atoms with Crippen molar-refractivity contribution in [3.8, 4) is 0 Å². The van der Waals surface area contributed by atoms with E-state index in [2.05, 4.69) is 15.3 Å². The summed E-state index contributed by atoms with van der Waals surface area (Å²) in [6.07, 6.45) is 3.32. The minimum absolute atomic E-state index is 0.0615. The first-order valence-corrected chi connectivity index (χ1v) is 7.62. The molecule has 1 N–H and O–H groups in total. The fourth-order valence-electron chi connectivity index (χ4n) is 2.33. The molecule has 1 aromatic carbocycles. The third-order valence-electron chi connectivity index (χ3n) is 4.05. The van der Waals surface area contributed by atoms with E-state index in [4.69, 9.17) is 0 Å². The van der Waals surface area contributed by atoms with Crippen LogP contribution in [0, 0.1) is 10.1 Å². The molecule has 7 heteroatoms. The van der Waals surface area contributed by atoms with Gasteiger partial charge in [-0.2, -0.15) is 4.98 Å². The molecule has 1 atom stereocenters. The second-order valence-electron chi connectivity index (χ2n) is 5.78. The van der Waals surface area contributed by atoms with Crippen LogP contribution in [0.1, 0.15) is 31.4 Å². The molecule has 0 radical (unpaired) electrons. The van der Waals surface area contributed by atoms with E-state index >= 15 is 0 Å². The smallest absolute Gasteiger partial charge is 0.329 e. The van der Waals surface area contributed by atoms with Gasteiger partial charge in [-0.3, -0.25) is 10.1 Å². The maximum absolute atomic E-state index is 11.1. The number of aromatic nitrogens is 2. The zero-order valence-electron chi connectivity index (χ0n) is 13.1. The maximum Gasteiger partial charge on any atom is 0.329 e. The standard InChI is InChI=1S/C16H19N5O2/c1-11(12-6-4-3-5-7-12)20(2)16-17-10-14(21(22)23)15(19-16)18-13-8-9-13/h3-7,10-11,13H,8-9H2,1-2H3,(H,17,18,19)/t11-/m0/s1. The van der Waals surface area contributed by atoms with Crippen LogP contribution in [0.25, 0.3) is 0 Å². The monoisotopic (exact) mass is 313 g/mol. The summed E-state index contributed by atoms with van der Waals surface area (Å²) < 4.78 is 0. The summed E-state index contributed by atoms with van der Waals surface area (Å²) in [5, 5.41) is 14.3. The minimum Gasteiger partial charge on any atom is -0.361 e. The van der Waals surface area contributed by atoms with Crippen molar-refractivity contribution in [2.24, 2.45) is 0 Å². The normalized spacial score (nSPS) is 15.0. The molecular formula is C16H19N5O2. The molecular weight excluding hydrogens is 294 g/mol. The van der Waals surface area contributed by atoms with Gasteiger partial charge in [-0.05, 0) is 25.3 Å². The average Bonchev–Trinajstić information content (AvgIpc) is 3.38. The van der Waals surface area contributed by atoms with Gasteiger partial charge in [-0.1, -0.05) is 30.3 Å². The molecule has 1 aromatic heterocycles. The molecule has 0 bridgehead atoms. The van der Waals surface area contributed by atoms with E-state index in [-0.39, 0.29) is 17.8 Å². The van der Waals surface area contributed by atoms with E-state index in [1.165, 1.54) is 6.20 Å². The molecule has 0 unspecified atom stereocenters. The highest BCUT2D eigenvalue weighted by molar-refractivity contribution is 5.58. The molecule has 0 amide bonds. The van der Waals surface area contributed by atoms with Crippen LogP contribution in [-0.2, 0) is 0 Å². The Labute approximate surface area is 134 Å². The summed E-state index contributed by atoms with van der Waals surface area (Å²) in [4.78, 5) is 21.1. The first kappa shape index (κ1) is 15.2. The van der Waals surface area contributed by atoms with Crippen molar-refractivity contribution in [2.75, 3.05) is 17.3 Å². The molecule has 1 fully saturated rings. The summed E-state index contributed by atoms with van der Waals surface area (Å²) in [6, 6.07) is 10.4. The van der Waals surface area contributed by atoms with Gasteiger partial charge in [-0.25, -0.2) is 4.98 Å². The van der Waals surface area contributed by atoms with Crippen LogP contribution in [-0.4, -0.2) is 28.0 Å². The van der Waals surface area contributed by atoms with E-state index in [1.54, 1.807) is 0 Å². The Morgan fingerprint density at radius 1 is 1.35 bits per heavy atom. The molecule has 0 saturated heterocycles. The number of benzene rings is 1. The quantitative estimate of drug-likeness (QED) is 0.651. The molecule has 0 aliphatic heterocycles. The molecule has 1 heterocycles. The summed E-state index contributed by atoms with van der Waals surface area (Å²) >= 11 is 0. The fourth-order valence-corrected chi connectivity index (χ4v) is 2.33. The van der Waals surface area contributed by atoms with Gasteiger partial charge in [-0.15, -0.1) is 0 Å². The molecule has 1 aliphatic rings. The van der Waals surface area contributed by atoms with E-state index in [0.717, 1.165) is 18.4 Å². The molecule has 23 heavy (non-hydrogen) atoms. The lowest BCUT2D eigenvalue weighted by Crippen LogP contribution is -2.24. The number of nitrogens with one attached hydrogen (secondary N) is 1. The van der Waals surface area contributed by atoms with Crippen LogP contribution >= 0.6 is 0 Å². The lowest BCUT2D eigenvalue weighted by Gasteiger charge is -2.25. The zero-order valence-corrected chi connectivity index (χ0v) is 13.1. The van der Waals surface area contributed by atoms with Gasteiger partial charge in [0.2, 0.25) is 11.8 Å². The van der Waals surface area contributed by atoms with Gasteiger partial charge in [0.05, 0.1) is 11.0 Å². The Morgan fingerprint density at radius 2 is 2.04 bits per heavy atom. The third-order valence-corrected chi connectivity index (χ3v) is 4.05. The highest BCUT2D eigenvalue weighted by Gasteiger charge is 2.27. The fraction of sp³-hybridized carbons (Fsp3) is 0.375. The van der Waals surface area contributed by atoms with Crippen LogP contribution in [0.3, 0.4) is 0 Å². The first-order chi connectivity index (χ1) is 11.1. The average molecular weight is 313 g/mol. The van der Waals surface area contributed by atoms with Gasteiger partial charge in [0.25, 0.3) is 0 Å². The van der Waals surface area contributed by atoms with Crippen molar-refractivity contribution in [2.45, 2.75) is 31.8 Å². The molecule has 1 saturated carbocycles. The van der Waals surface area contributed by atoms with Crippen molar-refractivity contribution in [1.82, 2.24) is 9.97 Å². The predicted molar refractivity (Wildman–Crippen MR) is 88.6 cm³/mol. The molecule has 120 valence electrons. The lowest BCUT2D eigenvalue weighted by molar-refractivity contribution is -0.384. The second-order valence-corrected chi connectivity index (χ2v) is 5.78. The highest BCUT2D eigenvalue weighted by Crippen LogP contribution is 2.31. The lowest BCUT2D eigenvalue weighted by atomic mass is 10.1. The second kappa shape index (κ2) is 6.20. The van der Waals surface area contributed by atoms with E-state index in [1.807, 2.05) is 49.2 Å². The molecule has 1 aliphatic carbocycles. The Morgan fingerprint density at radius 3 is 2.65 bits per heavy atom. The first-order valence-electron chi connectivity index (χ1n) is 7.62. The third kappa shape index (κ3) is 3.39. The van der Waals surface area contributed by atoms with E-state index < -0.39 is 4.92 Å². The largest absolute Gasteiger partial charge is 0.361 e. The van der Waals surface area contributed by atoms with Gasteiger partial charge in [0.15, 0.2) is 0 Å². The molecule has 7 nitrogen and oxygen atoms in total. The summed E-state index contributed by atoms with van der Waals surface area (Å²) in [5.74, 6) is 0.768. The van der Waals surface area contributed by atoms with Crippen LogP contribution in [0.15, 0.2) is 36.5 Å². The van der Waals surface area contributed by atoms with Gasteiger partial charge in [0.1, 0.15) is 6.20 Å². The van der Waals surface area contributed by atoms with Crippen molar-refractivity contribution in [3.05, 3.63) is 52.2 Å². The zero-order chi connectivity index (χ0) is 16.4. The minimum atomic E-state index is -0.449. The molecule has 0 spiro atoms. The Kier molecular flexibility index (Phi) is 4.10. The number of hydrogen-bond donors (Lipinski definition) is 1. The number of hydrogen-bond acceptors (Lipinski definition) is 6.